The van der Waals surface area contributed by atoms with Crippen LogP contribution in [0, 0.1) is 5.82 Å². The molecule has 8 heteroatoms. The molecule has 4 aromatic rings. The molecule has 4 rings (SSSR count). The van der Waals surface area contributed by atoms with Gasteiger partial charge in [0.05, 0.1) is 10.5 Å². The number of nitrogen functional groups attached to an aromatic ring is 1. The van der Waals surface area contributed by atoms with Gasteiger partial charge >= 0.3 is 0 Å². The lowest BCUT2D eigenvalue weighted by Crippen LogP contribution is -1.94. The number of anilines is 2. The summed E-state index contributed by atoms with van der Waals surface area (Å²) in [7, 11) is 0. The van der Waals surface area contributed by atoms with Crippen LogP contribution in [0.25, 0.3) is 22.0 Å². The highest BCUT2D eigenvalue weighted by molar-refractivity contribution is 8.00. The van der Waals surface area contributed by atoms with Gasteiger partial charge in [0.15, 0.2) is 0 Å². The Morgan fingerprint density at radius 2 is 1.82 bits per heavy atom. The SMILES string of the molecule is Nc1ncc2cc(-c3cc(F)cc(NSc4cc(Cl)ccc4Cl)c3)ccc2n1. The quantitative estimate of drug-likeness (QED) is 0.364. The van der Waals surface area contributed by atoms with Gasteiger partial charge in [0.2, 0.25) is 5.95 Å². The Labute approximate surface area is 175 Å². The Morgan fingerprint density at radius 3 is 2.68 bits per heavy atom. The van der Waals surface area contributed by atoms with Crippen molar-refractivity contribution in [2.24, 2.45) is 0 Å². The number of nitrogens with two attached hydrogens (primary N) is 1. The summed E-state index contributed by atoms with van der Waals surface area (Å²) in [5.74, 6) is -0.138. The summed E-state index contributed by atoms with van der Waals surface area (Å²) in [6.07, 6.45) is 1.65. The summed E-state index contributed by atoms with van der Waals surface area (Å²) in [5.41, 5.74) is 8.51. The van der Waals surface area contributed by atoms with E-state index in [1.807, 2.05) is 24.3 Å². The van der Waals surface area contributed by atoms with Crippen LogP contribution in [0.5, 0.6) is 0 Å². The van der Waals surface area contributed by atoms with Crippen molar-refractivity contribution < 1.29 is 4.39 Å². The summed E-state index contributed by atoms with van der Waals surface area (Å²) in [6.45, 7) is 0. The van der Waals surface area contributed by atoms with Crippen molar-refractivity contribution in [3.8, 4) is 11.1 Å². The highest BCUT2D eigenvalue weighted by atomic mass is 35.5. The number of nitrogens with one attached hydrogen (secondary N) is 1. The molecular formula is C20H13Cl2FN4S. The monoisotopic (exact) mass is 430 g/mol. The average molecular weight is 431 g/mol. The lowest BCUT2D eigenvalue weighted by atomic mass is 10.0. The Kier molecular flexibility index (Phi) is 5.26. The molecule has 0 bridgehead atoms. The van der Waals surface area contributed by atoms with E-state index in [4.69, 9.17) is 28.9 Å². The zero-order valence-corrected chi connectivity index (χ0v) is 16.6. The van der Waals surface area contributed by atoms with E-state index < -0.39 is 0 Å². The second-order valence-electron chi connectivity index (χ2n) is 6.01. The van der Waals surface area contributed by atoms with Crippen molar-refractivity contribution in [2.45, 2.75) is 4.90 Å². The van der Waals surface area contributed by atoms with Crippen LogP contribution in [0.4, 0.5) is 16.0 Å². The van der Waals surface area contributed by atoms with Crippen molar-refractivity contribution in [3.63, 3.8) is 0 Å². The number of halogens is 3. The normalized spacial score (nSPS) is 11.0. The van der Waals surface area contributed by atoms with E-state index in [1.165, 1.54) is 24.1 Å². The van der Waals surface area contributed by atoms with E-state index in [0.717, 1.165) is 26.9 Å². The van der Waals surface area contributed by atoms with Gasteiger partial charge in [0.25, 0.3) is 0 Å². The molecule has 0 atom stereocenters. The van der Waals surface area contributed by atoms with Gasteiger partial charge < -0.3 is 10.5 Å². The zero-order chi connectivity index (χ0) is 19.7. The van der Waals surface area contributed by atoms with E-state index in [1.54, 1.807) is 24.4 Å². The van der Waals surface area contributed by atoms with Gasteiger partial charge in [-0.05, 0) is 71.6 Å². The number of hydrogen-bond donors (Lipinski definition) is 2. The number of rotatable bonds is 4. The van der Waals surface area contributed by atoms with Gasteiger partial charge in [-0.2, -0.15) is 0 Å². The van der Waals surface area contributed by atoms with Crippen molar-refractivity contribution in [3.05, 3.63) is 76.7 Å². The molecule has 0 saturated carbocycles. The number of hydrogen-bond acceptors (Lipinski definition) is 5. The summed E-state index contributed by atoms with van der Waals surface area (Å²) in [5, 5.41) is 1.96. The van der Waals surface area contributed by atoms with Crippen LogP contribution in [0.1, 0.15) is 0 Å². The summed E-state index contributed by atoms with van der Waals surface area (Å²) in [4.78, 5) is 8.94. The molecule has 140 valence electrons. The molecule has 3 aromatic carbocycles. The van der Waals surface area contributed by atoms with Crippen LogP contribution in [0.15, 0.2) is 65.7 Å². The third-order valence-corrected chi connectivity index (χ3v) is 5.57. The molecule has 4 nitrogen and oxygen atoms in total. The van der Waals surface area contributed by atoms with Gasteiger partial charge in [0, 0.05) is 27.2 Å². The maximum absolute atomic E-state index is 14.2. The molecule has 0 radical (unpaired) electrons. The molecule has 0 unspecified atom stereocenters. The Morgan fingerprint density at radius 1 is 0.964 bits per heavy atom. The number of nitrogens with zero attached hydrogens (tertiary/aromatic N) is 2. The fourth-order valence-corrected chi connectivity index (χ4v) is 3.88. The maximum Gasteiger partial charge on any atom is 0.220 e. The van der Waals surface area contributed by atoms with Crippen LogP contribution >= 0.6 is 35.1 Å². The molecule has 0 fully saturated rings. The molecular weight excluding hydrogens is 418 g/mol. The minimum atomic E-state index is -0.355. The summed E-state index contributed by atoms with van der Waals surface area (Å²) >= 11 is 13.4. The number of benzene rings is 3. The van der Waals surface area contributed by atoms with Gasteiger partial charge in [-0.1, -0.05) is 29.3 Å². The van der Waals surface area contributed by atoms with Crippen LogP contribution in [0.3, 0.4) is 0 Å². The number of fused-ring (bicyclic) bond motifs is 1. The second kappa shape index (κ2) is 7.83. The third-order valence-electron chi connectivity index (χ3n) is 4.00. The predicted octanol–water partition coefficient (Wildman–Crippen LogP) is 6.44. The lowest BCUT2D eigenvalue weighted by Gasteiger charge is -2.10. The number of aromatic nitrogens is 2. The lowest BCUT2D eigenvalue weighted by molar-refractivity contribution is 0.629. The molecule has 1 aromatic heterocycles. The molecule has 0 aliphatic rings. The highest BCUT2D eigenvalue weighted by Crippen LogP contribution is 2.33. The standard InChI is InChI=1S/C20H13Cl2FN4S/c21-14-2-3-17(22)19(8-14)28-27-16-7-12(6-15(23)9-16)11-1-4-18-13(5-11)10-25-20(24)26-18/h1-10,27H,(H2,24,25,26). The predicted molar refractivity (Wildman–Crippen MR) is 115 cm³/mol. The summed E-state index contributed by atoms with van der Waals surface area (Å²) in [6, 6.07) is 15.5. The van der Waals surface area contributed by atoms with E-state index in [0.29, 0.717) is 15.7 Å². The zero-order valence-electron chi connectivity index (χ0n) is 14.3. The molecule has 1 heterocycles. The van der Waals surface area contributed by atoms with Crippen LogP contribution in [0.2, 0.25) is 10.0 Å². The van der Waals surface area contributed by atoms with Gasteiger partial charge in [-0.3, -0.25) is 0 Å². The first kappa shape index (κ1) is 18.8. The molecule has 0 aliphatic heterocycles. The van der Waals surface area contributed by atoms with Crippen LogP contribution in [-0.2, 0) is 0 Å². The van der Waals surface area contributed by atoms with Crippen molar-refractivity contribution in [1.82, 2.24) is 9.97 Å². The van der Waals surface area contributed by atoms with E-state index in [2.05, 4.69) is 14.7 Å². The Hall–Kier alpha value is -2.54. The first-order valence-corrected chi connectivity index (χ1v) is 9.76. The molecule has 0 spiro atoms. The Bertz CT molecular complexity index is 1190. The fourth-order valence-electron chi connectivity index (χ4n) is 2.71. The van der Waals surface area contributed by atoms with E-state index >= 15 is 0 Å². The van der Waals surface area contributed by atoms with Crippen LogP contribution in [-0.4, -0.2) is 9.97 Å². The van der Waals surface area contributed by atoms with Crippen molar-refractivity contribution in [1.29, 1.82) is 0 Å². The largest absolute Gasteiger partial charge is 0.368 e. The van der Waals surface area contributed by atoms with E-state index in [9.17, 15) is 4.39 Å². The highest BCUT2D eigenvalue weighted by Gasteiger charge is 2.08. The molecule has 0 aliphatic carbocycles. The van der Waals surface area contributed by atoms with Crippen molar-refractivity contribution >= 4 is 57.7 Å². The fraction of sp³-hybridized carbons (Fsp3) is 0. The molecule has 0 saturated heterocycles. The first-order chi connectivity index (χ1) is 13.5. The topological polar surface area (TPSA) is 63.8 Å². The molecule has 28 heavy (non-hydrogen) atoms. The van der Waals surface area contributed by atoms with Gasteiger partial charge in [-0.15, -0.1) is 0 Å². The summed E-state index contributed by atoms with van der Waals surface area (Å²) < 4.78 is 17.3. The Balaban J connectivity index is 1.63. The van der Waals surface area contributed by atoms with Crippen molar-refractivity contribution in [2.75, 3.05) is 10.5 Å². The van der Waals surface area contributed by atoms with Gasteiger partial charge in [-0.25, -0.2) is 14.4 Å². The molecule has 0 amide bonds. The third kappa shape index (κ3) is 4.14. The average Bonchev–Trinajstić information content (AvgIpc) is 2.68. The minimum Gasteiger partial charge on any atom is -0.368 e. The van der Waals surface area contributed by atoms with Gasteiger partial charge in [0.1, 0.15) is 5.82 Å². The van der Waals surface area contributed by atoms with E-state index in [-0.39, 0.29) is 11.8 Å². The second-order valence-corrected chi connectivity index (χ2v) is 7.70. The minimum absolute atomic E-state index is 0.217. The maximum atomic E-state index is 14.2. The first-order valence-electron chi connectivity index (χ1n) is 8.19. The molecule has 3 N–H and O–H groups in total. The van der Waals surface area contributed by atoms with Crippen LogP contribution < -0.4 is 10.5 Å². The smallest absolute Gasteiger partial charge is 0.220 e.